The summed E-state index contributed by atoms with van der Waals surface area (Å²) >= 11 is 0. The van der Waals surface area contributed by atoms with Gasteiger partial charge in [0.25, 0.3) is 5.91 Å². The van der Waals surface area contributed by atoms with Gasteiger partial charge in [0.05, 0.1) is 4.90 Å². The Hall–Kier alpha value is -1.86. The number of likely N-dealkylation sites (tertiary alicyclic amines) is 1. The first-order chi connectivity index (χ1) is 12.3. The molecule has 140 valence electrons. The van der Waals surface area contributed by atoms with E-state index in [4.69, 9.17) is 4.42 Å². The molecule has 2 aliphatic rings. The fraction of sp³-hybridized carbons (Fsp3) is 0.526. The van der Waals surface area contributed by atoms with Crippen molar-refractivity contribution in [1.29, 1.82) is 0 Å². The Morgan fingerprint density at radius 3 is 2.50 bits per heavy atom. The Kier molecular flexibility index (Phi) is 4.31. The first kappa shape index (κ1) is 17.5. The van der Waals surface area contributed by atoms with E-state index in [0.29, 0.717) is 22.8 Å². The zero-order valence-electron chi connectivity index (χ0n) is 15.1. The van der Waals surface area contributed by atoms with Crippen LogP contribution in [0.15, 0.2) is 33.6 Å². The van der Waals surface area contributed by atoms with Gasteiger partial charge in [0.1, 0.15) is 5.58 Å². The number of furan rings is 1. The largest absolute Gasteiger partial charge is 0.451 e. The summed E-state index contributed by atoms with van der Waals surface area (Å²) in [5.41, 5.74) is 0.525. The molecule has 2 atom stereocenters. The number of carbonyl (C=O) groups excluding carboxylic acids is 1. The predicted molar refractivity (Wildman–Crippen MR) is 98.4 cm³/mol. The lowest BCUT2D eigenvalue weighted by molar-refractivity contribution is 0.0594. The molecule has 6 nitrogen and oxygen atoms in total. The summed E-state index contributed by atoms with van der Waals surface area (Å²) in [4.78, 5) is 14.8. The number of nitrogens with zero attached hydrogens (tertiary/aromatic N) is 1. The number of piperidine rings is 1. The fourth-order valence-corrected chi connectivity index (χ4v) is 5.11. The SMILES string of the molecule is CC1CC(C)CN(C(=O)c2cc3cc(S(=O)(=O)NC4CC4)ccc3o2)C1. The van der Waals surface area contributed by atoms with Crippen LogP contribution in [0.5, 0.6) is 0 Å². The number of rotatable bonds is 4. The van der Waals surface area contributed by atoms with E-state index in [1.165, 1.54) is 6.07 Å². The molecule has 1 aliphatic heterocycles. The minimum absolute atomic E-state index is 0.0558. The molecule has 4 rings (SSSR count). The van der Waals surface area contributed by atoms with Crippen molar-refractivity contribution in [2.45, 2.75) is 44.0 Å². The van der Waals surface area contributed by atoms with Gasteiger partial charge in [0.15, 0.2) is 5.76 Å². The summed E-state index contributed by atoms with van der Waals surface area (Å²) in [6.07, 6.45) is 2.90. The Morgan fingerprint density at radius 2 is 1.85 bits per heavy atom. The lowest BCUT2D eigenvalue weighted by Crippen LogP contribution is -2.42. The molecule has 0 bridgehead atoms. The van der Waals surface area contributed by atoms with Crippen LogP contribution >= 0.6 is 0 Å². The Labute approximate surface area is 153 Å². The van der Waals surface area contributed by atoms with E-state index in [2.05, 4.69) is 18.6 Å². The average molecular weight is 376 g/mol. The second-order valence-corrected chi connectivity index (χ2v) is 9.58. The van der Waals surface area contributed by atoms with Crippen LogP contribution in [-0.4, -0.2) is 38.4 Å². The highest BCUT2D eigenvalue weighted by Crippen LogP contribution is 2.28. The molecule has 1 saturated carbocycles. The van der Waals surface area contributed by atoms with Crippen LogP contribution in [-0.2, 0) is 10.0 Å². The second-order valence-electron chi connectivity index (χ2n) is 7.86. The van der Waals surface area contributed by atoms with Gasteiger partial charge in [-0.1, -0.05) is 13.8 Å². The number of hydrogen-bond donors (Lipinski definition) is 1. The topological polar surface area (TPSA) is 79.6 Å². The highest BCUT2D eigenvalue weighted by molar-refractivity contribution is 7.89. The molecule has 1 N–H and O–H groups in total. The zero-order chi connectivity index (χ0) is 18.5. The highest BCUT2D eigenvalue weighted by atomic mass is 32.2. The van der Waals surface area contributed by atoms with Gasteiger partial charge in [0.2, 0.25) is 10.0 Å². The second kappa shape index (κ2) is 6.39. The van der Waals surface area contributed by atoms with Gasteiger partial charge >= 0.3 is 0 Å². The summed E-state index contributed by atoms with van der Waals surface area (Å²) < 4.78 is 33.1. The monoisotopic (exact) mass is 376 g/mol. The Balaban J connectivity index is 1.60. The van der Waals surface area contributed by atoms with E-state index in [0.717, 1.165) is 32.4 Å². The van der Waals surface area contributed by atoms with Gasteiger partial charge in [-0.2, -0.15) is 0 Å². The molecule has 1 aromatic carbocycles. The van der Waals surface area contributed by atoms with Crippen molar-refractivity contribution < 1.29 is 17.6 Å². The van der Waals surface area contributed by atoms with Gasteiger partial charge in [0, 0.05) is 24.5 Å². The number of sulfonamides is 1. The number of fused-ring (bicyclic) bond motifs is 1. The summed E-state index contributed by atoms with van der Waals surface area (Å²) in [5.74, 6) is 1.08. The van der Waals surface area contributed by atoms with Crippen LogP contribution in [0.4, 0.5) is 0 Å². The molecule has 7 heteroatoms. The molecule has 1 aliphatic carbocycles. The van der Waals surface area contributed by atoms with Gasteiger partial charge in [-0.05, 0) is 55.4 Å². The van der Waals surface area contributed by atoms with E-state index >= 15 is 0 Å². The first-order valence-electron chi connectivity index (χ1n) is 9.17. The maximum Gasteiger partial charge on any atom is 0.289 e. The molecule has 0 spiro atoms. The van der Waals surface area contributed by atoms with Crippen molar-refractivity contribution in [3.05, 3.63) is 30.0 Å². The van der Waals surface area contributed by atoms with E-state index in [1.807, 2.05) is 4.90 Å². The quantitative estimate of drug-likeness (QED) is 0.890. The van der Waals surface area contributed by atoms with E-state index in [-0.39, 0.29) is 22.6 Å². The minimum Gasteiger partial charge on any atom is -0.451 e. The molecule has 2 heterocycles. The van der Waals surface area contributed by atoms with Crippen LogP contribution in [0, 0.1) is 11.8 Å². The molecule has 0 radical (unpaired) electrons. The third-order valence-electron chi connectivity index (χ3n) is 5.06. The normalized spacial score (nSPS) is 24.2. The van der Waals surface area contributed by atoms with E-state index < -0.39 is 10.0 Å². The van der Waals surface area contributed by atoms with Crippen molar-refractivity contribution in [3.8, 4) is 0 Å². The Bertz CT molecular complexity index is 936. The standard InChI is InChI=1S/C19H24N2O4S/c1-12-7-13(2)11-21(10-12)19(22)18-9-14-8-16(5-6-17(14)25-18)26(23,24)20-15-3-4-15/h5-6,8-9,12-13,15,20H,3-4,7,10-11H2,1-2H3. The molecule has 1 aromatic heterocycles. The van der Waals surface area contributed by atoms with Crippen LogP contribution in [0.1, 0.15) is 43.7 Å². The Morgan fingerprint density at radius 1 is 1.15 bits per heavy atom. The summed E-state index contributed by atoms with van der Waals surface area (Å²) in [6, 6.07) is 6.42. The number of benzene rings is 1. The highest BCUT2D eigenvalue weighted by Gasteiger charge is 2.30. The van der Waals surface area contributed by atoms with Crippen molar-refractivity contribution in [3.63, 3.8) is 0 Å². The predicted octanol–water partition coefficient (Wildman–Crippen LogP) is 2.99. The van der Waals surface area contributed by atoms with Crippen LogP contribution in [0.25, 0.3) is 11.0 Å². The zero-order valence-corrected chi connectivity index (χ0v) is 15.9. The number of hydrogen-bond acceptors (Lipinski definition) is 4. The molecular formula is C19H24N2O4S. The molecule has 2 aromatic rings. The van der Waals surface area contributed by atoms with Crippen molar-refractivity contribution in [1.82, 2.24) is 9.62 Å². The smallest absolute Gasteiger partial charge is 0.289 e. The lowest BCUT2D eigenvalue weighted by atomic mass is 9.92. The molecule has 2 unspecified atom stereocenters. The van der Waals surface area contributed by atoms with E-state index in [9.17, 15) is 13.2 Å². The number of amides is 1. The first-order valence-corrected chi connectivity index (χ1v) is 10.7. The number of carbonyl (C=O) groups is 1. The summed E-state index contributed by atoms with van der Waals surface area (Å²) in [7, 11) is -3.52. The number of nitrogens with one attached hydrogen (secondary N) is 1. The average Bonchev–Trinajstić information content (AvgIpc) is 3.26. The van der Waals surface area contributed by atoms with Crippen LogP contribution < -0.4 is 4.72 Å². The van der Waals surface area contributed by atoms with Crippen molar-refractivity contribution in [2.24, 2.45) is 11.8 Å². The van der Waals surface area contributed by atoms with Gasteiger partial charge in [-0.3, -0.25) is 4.79 Å². The van der Waals surface area contributed by atoms with Gasteiger partial charge in [-0.25, -0.2) is 13.1 Å². The van der Waals surface area contributed by atoms with E-state index in [1.54, 1.807) is 18.2 Å². The lowest BCUT2D eigenvalue weighted by Gasteiger charge is -2.34. The fourth-order valence-electron chi connectivity index (χ4n) is 3.77. The maximum absolute atomic E-state index is 12.8. The summed E-state index contributed by atoms with van der Waals surface area (Å²) in [5, 5.41) is 0.630. The maximum atomic E-state index is 12.8. The van der Waals surface area contributed by atoms with Crippen molar-refractivity contribution >= 4 is 26.9 Å². The third-order valence-corrected chi connectivity index (χ3v) is 6.58. The molecule has 2 fully saturated rings. The van der Waals surface area contributed by atoms with Crippen LogP contribution in [0.2, 0.25) is 0 Å². The minimum atomic E-state index is -3.52. The molecule has 1 saturated heterocycles. The molecular weight excluding hydrogens is 352 g/mol. The van der Waals surface area contributed by atoms with Crippen LogP contribution in [0.3, 0.4) is 0 Å². The molecule has 26 heavy (non-hydrogen) atoms. The third kappa shape index (κ3) is 3.50. The van der Waals surface area contributed by atoms with Gasteiger partial charge < -0.3 is 9.32 Å². The molecule has 1 amide bonds. The van der Waals surface area contributed by atoms with Gasteiger partial charge in [-0.15, -0.1) is 0 Å². The summed E-state index contributed by atoms with van der Waals surface area (Å²) in [6.45, 7) is 5.76. The van der Waals surface area contributed by atoms with Crippen molar-refractivity contribution in [2.75, 3.05) is 13.1 Å².